The number of hydrogen-bond acceptors (Lipinski definition) is 5. The Morgan fingerprint density at radius 3 is 2.48 bits per heavy atom. The highest BCUT2D eigenvalue weighted by Crippen LogP contribution is 2.34. The first-order valence-electron chi connectivity index (χ1n) is 8.84. The van der Waals surface area contributed by atoms with E-state index in [1.165, 1.54) is 6.92 Å². The first-order chi connectivity index (χ1) is 12.8. The van der Waals surface area contributed by atoms with Crippen LogP contribution in [0.5, 0.6) is 0 Å². The molecule has 0 radical (unpaired) electrons. The van der Waals surface area contributed by atoms with Gasteiger partial charge in [0.05, 0.1) is 17.0 Å². The highest BCUT2D eigenvalue weighted by atomic mass is 32.1. The quantitative estimate of drug-likeness (QED) is 0.537. The maximum Gasteiger partial charge on any atom is 0.341 e. The molecular formula is C20H25N2O4S+. The van der Waals surface area contributed by atoms with E-state index >= 15 is 0 Å². The monoisotopic (exact) mass is 389 g/mol. The third-order valence-electron chi connectivity index (χ3n) is 4.18. The molecule has 7 heteroatoms. The van der Waals surface area contributed by atoms with E-state index in [1.807, 2.05) is 42.6 Å². The van der Waals surface area contributed by atoms with Crippen LogP contribution in [0.3, 0.4) is 0 Å². The topological polar surface area (TPSA) is 89.1 Å². The van der Waals surface area contributed by atoms with Gasteiger partial charge in [-0.2, -0.15) is 0 Å². The number of esters is 1. The number of nitrogens with one attached hydrogen (secondary N) is 1. The number of ketones is 1. The molecule has 2 aromatic rings. The Labute approximate surface area is 162 Å². The Hall–Kier alpha value is -2.51. The molecule has 0 aliphatic carbocycles. The fraction of sp³-hybridized carbons (Fsp3) is 0.350. The fourth-order valence-corrected chi connectivity index (χ4v) is 3.85. The number of rotatable bonds is 8. The predicted octanol–water partition coefficient (Wildman–Crippen LogP) is 2.70. The summed E-state index contributed by atoms with van der Waals surface area (Å²) in [5.41, 5.74) is 1.93. The minimum Gasteiger partial charge on any atom is -0.462 e. The molecule has 2 rings (SSSR count). The molecule has 6 nitrogen and oxygen atoms in total. The molecule has 3 N–H and O–H groups in total. The number of quaternary nitrogens is 1. The van der Waals surface area contributed by atoms with E-state index in [-0.39, 0.29) is 36.4 Å². The molecule has 1 amide bonds. The fourth-order valence-electron chi connectivity index (χ4n) is 2.74. The van der Waals surface area contributed by atoms with E-state index in [2.05, 4.69) is 5.32 Å². The Morgan fingerprint density at radius 2 is 1.89 bits per heavy atom. The lowest BCUT2D eigenvalue weighted by molar-refractivity contribution is -0.682. The summed E-state index contributed by atoms with van der Waals surface area (Å²) in [7, 11) is 0. The molecule has 1 aromatic carbocycles. The summed E-state index contributed by atoms with van der Waals surface area (Å²) < 4.78 is 5.08. The normalized spacial score (nSPS) is 11.7. The third-order valence-corrected chi connectivity index (χ3v) is 5.49. The van der Waals surface area contributed by atoms with Gasteiger partial charge in [0.1, 0.15) is 11.0 Å². The highest BCUT2D eigenvalue weighted by molar-refractivity contribution is 7.18. The molecule has 0 spiro atoms. The van der Waals surface area contributed by atoms with Gasteiger partial charge in [0.2, 0.25) is 0 Å². The zero-order valence-electron chi connectivity index (χ0n) is 16.0. The Kier molecular flexibility index (Phi) is 7.27. The molecule has 1 aromatic heterocycles. The number of nitrogens with two attached hydrogens (primary N) is 1. The molecule has 0 saturated heterocycles. The van der Waals surface area contributed by atoms with Crippen molar-refractivity contribution >= 4 is 34.0 Å². The molecule has 0 unspecified atom stereocenters. The first-order valence-corrected chi connectivity index (χ1v) is 9.66. The van der Waals surface area contributed by atoms with Gasteiger partial charge in [0, 0.05) is 5.56 Å². The number of hydrogen-bond donors (Lipinski definition) is 2. The van der Waals surface area contributed by atoms with E-state index in [9.17, 15) is 14.4 Å². The molecule has 0 aliphatic heterocycles. The average Bonchev–Trinajstić information content (AvgIpc) is 2.97. The second-order valence-electron chi connectivity index (χ2n) is 6.22. The Bertz CT molecular complexity index is 830. The largest absolute Gasteiger partial charge is 0.462 e. The van der Waals surface area contributed by atoms with Crippen LogP contribution in [0.15, 0.2) is 30.3 Å². The van der Waals surface area contributed by atoms with Crippen molar-refractivity contribution in [2.24, 2.45) is 0 Å². The first kappa shape index (κ1) is 20.8. The minimum atomic E-state index is -0.532. The molecule has 0 fully saturated rings. The number of carbonyl (C=O) groups is 3. The maximum atomic E-state index is 12.4. The number of amides is 1. The lowest BCUT2D eigenvalue weighted by atomic mass is 10.1. The summed E-state index contributed by atoms with van der Waals surface area (Å²) in [6, 6.07) is 10.0. The van der Waals surface area contributed by atoms with Crippen LogP contribution in [0.25, 0.3) is 0 Å². The van der Waals surface area contributed by atoms with Gasteiger partial charge < -0.3 is 15.4 Å². The molecule has 27 heavy (non-hydrogen) atoms. The van der Waals surface area contributed by atoms with Crippen LogP contribution < -0.4 is 10.6 Å². The number of ether oxygens (including phenoxy) is 1. The number of thiophene rings is 1. The molecule has 144 valence electrons. The average molecular weight is 389 g/mol. The van der Waals surface area contributed by atoms with Crippen molar-refractivity contribution in [2.45, 2.75) is 33.7 Å². The van der Waals surface area contributed by atoms with E-state index in [0.29, 0.717) is 15.4 Å². The predicted molar refractivity (Wildman–Crippen MR) is 105 cm³/mol. The van der Waals surface area contributed by atoms with Crippen molar-refractivity contribution in [2.75, 3.05) is 18.5 Å². The van der Waals surface area contributed by atoms with Gasteiger partial charge in [-0.1, -0.05) is 30.3 Å². The van der Waals surface area contributed by atoms with E-state index in [0.717, 1.165) is 16.9 Å². The maximum absolute atomic E-state index is 12.4. The third kappa shape index (κ3) is 5.24. The number of Topliss-reactive ketones (excluding diaryl/α,β-unsaturated/α-hetero) is 1. The lowest BCUT2D eigenvalue weighted by Gasteiger charge is -2.11. The summed E-state index contributed by atoms with van der Waals surface area (Å²) in [6.07, 6.45) is 0. The molecule has 0 bridgehead atoms. The van der Waals surface area contributed by atoms with Crippen molar-refractivity contribution < 1.29 is 24.4 Å². The second-order valence-corrected chi connectivity index (χ2v) is 7.24. The van der Waals surface area contributed by atoms with Crippen LogP contribution in [-0.4, -0.2) is 30.8 Å². The smallest absolute Gasteiger partial charge is 0.341 e. The number of carbonyl (C=O) groups excluding carboxylic acids is 3. The van der Waals surface area contributed by atoms with Crippen LogP contribution >= 0.6 is 11.3 Å². The molecular weight excluding hydrogens is 364 g/mol. The second kappa shape index (κ2) is 9.43. The van der Waals surface area contributed by atoms with Crippen molar-refractivity contribution in [3.8, 4) is 0 Å². The van der Waals surface area contributed by atoms with Gasteiger partial charge in [-0.05, 0) is 33.3 Å². The van der Waals surface area contributed by atoms with E-state index in [1.54, 1.807) is 13.8 Å². The van der Waals surface area contributed by atoms with Crippen LogP contribution in [0, 0.1) is 6.92 Å². The zero-order valence-corrected chi connectivity index (χ0v) is 16.8. The van der Waals surface area contributed by atoms with Gasteiger partial charge in [-0.15, -0.1) is 11.3 Å². The Balaban J connectivity index is 2.11. The van der Waals surface area contributed by atoms with Crippen molar-refractivity contribution in [1.82, 2.24) is 0 Å². The zero-order chi connectivity index (χ0) is 20.0. The number of anilines is 1. The minimum absolute atomic E-state index is 0.124. The summed E-state index contributed by atoms with van der Waals surface area (Å²) in [5, 5.41) is 5.05. The number of benzene rings is 1. The van der Waals surface area contributed by atoms with E-state index < -0.39 is 5.97 Å². The van der Waals surface area contributed by atoms with Gasteiger partial charge in [0.15, 0.2) is 12.3 Å². The molecule has 0 aliphatic rings. The van der Waals surface area contributed by atoms with Gasteiger partial charge >= 0.3 is 5.97 Å². The molecule has 1 atom stereocenters. The summed E-state index contributed by atoms with van der Waals surface area (Å²) in [4.78, 5) is 36.9. The highest BCUT2D eigenvalue weighted by Gasteiger charge is 2.25. The standard InChI is InChI=1S/C20H24N2O4S/c1-5-26-20(25)17-12(2)18(14(4)23)27-19(17)22-16(24)11-21-13(3)15-9-7-6-8-10-15/h6-10,13,21H,5,11H2,1-4H3,(H,22,24)/p+1/t13-/m1/s1. The SMILES string of the molecule is CCOC(=O)c1c(NC(=O)C[NH2+][C@H](C)c2ccccc2)sc(C(C)=O)c1C. The van der Waals surface area contributed by atoms with Crippen LogP contribution in [-0.2, 0) is 9.53 Å². The molecule has 1 heterocycles. The Morgan fingerprint density at radius 1 is 1.22 bits per heavy atom. The molecule has 0 saturated carbocycles. The van der Waals surface area contributed by atoms with Crippen LogP contribution in [0.2, 0.25) is 0 Å². The van der Waals surface area contributed by atoms with Crippen molar-refractivity contribution in [3.05, 3.63) is 51.9 Å². The van der Waals surface area contributed by atoms with Crippen LogP contribution in [0.4, 0.5) is 5.00 Å². The summed E-state index contributed by atoms with van der Waals surface area (Å²) in [5.74, 6) is -0.914. The lowest BCUT2D eigenvalue weighted by Crippen LogP contribution is -2.86. The van der Waals surface area contributed by atoms with Crippen molar-refractivity contribution in [1.29, 1.82) is 0 Å². The van der Waals surface area contributed by atoms with Crippen LogP contribution in [0.1, 0.15) is 58.0 Å². The van der Waals surface area contributed by atoms with Gasteiger partial charge in [-0.25, -0.2) is 4.79 Å². The van der Waals surface area contributed by atoms with E-state index in [4.69, 9.17) is 4.74 Å². The summed E-state index contributed by atoms with van der Waals surface area (Å²) in [6.45, 7) is 7.29. The summed E-state index contributed by atoms with van der Waals surface area (Å²) >= 11 is 1.11. The van der Waals surface area contributed by atoms with Crippen molar-refractivity contribution in [3.63, 3.8) is 0 Å². The van der Waals surface area contributed by atoms with Gasteiger partial charge in [-0.3, -0.25) is 9.59 Å². The van der Waals surface area contributed by atoms with Gasteiger partial charge in [0.25, 0.3) is 5.91 Å².